The first-order valence-electron chi connectivity index (χ1n) is 8.03. The van der Waals surface area contributed by atoms with E-state index in [0.717, 1.165) is 37.8 Å². The molecule has 0 unspecified atom stereocenters. The quantitative estimate of drug-likeness (QED) is 0.821. The summed E-state index contributed by atoms with van der Waals surface area (Å²) in [5.74, 6) is 0.785. The van der Waals surface area contributed by atoms with E-state index in [0.29, 0.717) is 6.61 Å². The molecule has 1 fully saturated rings. The average molecular weight is 299 g/mol. The third-order valence-electron chi connectivity index (χ3n) is 4.28. The SMILES string of the molecule is c1cc(Cn2cc3c(n2)[C@@H](COCC2CC2)OCC3)ccn1. The van der Waals surface area contributed by atoms with E-state index < -0.39 is 0 Å². The third-order valence-corrected chi connectivity index (χ3v) is 4.28. The van der Waals surface area contributed by atoms with Crippen LogP contribution in [0.15, 0.2) is 30.7 Å². The van der Waals surface area contributed by atoms with Crippen LogP contribution in [0.2, 0.25) is 0 Å². The molecule has 1 aliphatic heterocycles. The molecule has 0 aromatic carbocycles. The first-order chi connectivity index (χ1) is 10.9. The van der Waals surface area contributed by atoms with Crippen LogP contribution < -0.4 is 0 Å². The molecule has 1 atom stereocenters. The van der Waals surface area contributed by atoms with E-state index in [1.54, 1.807) is 0 Å². The van der Waals surface area contributed by atoms with E-state index in [9.17, 15) is 0 Å². The van der Waals surface area contributed by atoms with Crippen LogP contribution in [0.1, 0.15) is 35.8 Å². The Labute approximate surface area is 130 Å². The normalized spacial score (nSPS) is 20.8. The average Bonchev–Trinajstić information content (AvgIpc) is 3.27. The van der Waals surface area contributed by atoms with Gasteiger partial charge in [-0.1, -0.05) is 0 Å². The molecule has 2 aliphatic rings. The molecule has 4 rings (SSSR count). The van der Waals surface area contributed by atoms with Crippen molar-refractivity contribution in [1.82, 2.24) is 14.8 Å². The maximum Gasteiger partial charge on any atom is 0.125 e. The molecule has 0 saturated heterocycles. The molecule has 0 N–H and O–H groups in total. The van der Waals surface area contributed by atoms with Crippen LogP contribution in [0.4, 0.5) is 0 Å². The summed E-state index contributed by atoms with van der Waals surface area (Å²) in [6.45, 7) is 3.01. The monoisotopic (exact) mass is 299 g/mol. The lowest BCUT2D eigenvalue weighted by atomic mass is 10.1. The number of fused-ring (bicyclic) bond motifs is 1. The predicted octanol–water partition coefficient (Wildman–Crippen LogP) is 2.37. The van der Waals surface area contributed by atoms with Crippen LogP contribution in [0.3, 0.4) is 0 Å². The molecule has 2 aromatic heterocycles. The molecular formula is C17H21N3O2. The third kappa shape index (κ3) is 3.20. The van der Waals surface area contributed by atoms with Gasteiger partial charge in [-0.2, -0.15) is 5.10 Å². The summed E-state index contributed by atoms with van der Waals surface area (Å²) < 4.78 is 13.7. The fraction of sp³-hybridized carbons (Fsp3) is 0.529. The van der Waals surface area contributed by atoms with Gasteiger partial charge in [0.2, 0.25) is 0 Å². The minimum absolute atomic E-state index is 0.0128. The van der Waals surface area contributed by atoms with Gasteiger partial charge in [-0.05, 0) is 48.4 Å². The van der Waals surface area contributed by atoms with Crippen molar-refractivity contribution in [3.63, 3.8) is 0 Å². The number of hydrogen-bond acceptors (Lipinski definition) is 4. The van der Waals surface area contributed by atoms with E-state index in [1.165, 1.54) is 24.0 Å². The Bertz CT molecular complexity index is 622. The number of rotatable bonds is 6. The summed E-state index contributed by atoms with van der Waals surface area (Å²) in [6.07, 6.45) is 9.33. The molecular weight excluding hydrogens is 278 g/mol. The van der Waals surface area contributed by atoms with Crippen molar-refractivity contribution in [3.05, 3.63) is 47.5 Å². The highest BCUT2D eigenvalue weighted by Crippen LogP contribution is 2.30. The number of pyridine rings is 1. The van der Waals surface area contributed by atoms with Gasteiger partial charge in [0.05, 0.1) is 25.5 Å². The van der Waals surface area contributed by atoms with Crippen molar-refractivity contribution in [2.24, 2.45) is 5.92 Å². The predicted molar refractivity (Wildman–Crippen MR) is 81.5 cm³/mol. The second-order valence-corrected chi connectivity index (χ2v) is 6.18. The molecule has 0 amide bonds. The summed E-state index contributed by atoms with van der Waals surface area (Å²) in [5, 5.41) is 4.73. The van der Waals surface area contributed by atoms with Gasteiger partial charge in [0.25, 0.3) is 0 Å². The van der Waals surface area contributed by atoms with Crippen molar-refractivity contribution in [3.8, 4) is 0 Å². The maximum atomic E-state index is 5.86. The molecule has 0 radical (unpaired) electrons. The van der Waals surface area contributed by atoms with Crippen LogP contribution in [-0.2, 0) is 22.4 Å². The zero-order valence-electron chi connectivity index (χ0n) is 12.6. The van der Waals surface area contributed by atoms with Crippen LogP contribution in [0.5, 0.6) is 0 Å². The van der Waals surface area contributed by atoms with Gasteiger partial charge in [0, 0.05) is 25.2 Å². The fourth-order valence-electron chi connectivity index (χ4n) is 2.84. The number of nitrogens with zero attached hydrogens (tertiary/aromatic N) is 3. The standard InChI is InChI=1S/C17H21N3O2/c1-2-14(1)11-21-12-16-17-15(5-8-22-16)10-20(19-17)9-13-3-6-18-7-4-13/h3-4,6-7,10,14,16H,1-2,5,8-9,11-12H2/t16-/m1/s1. The van der Waals surface area contributed by atoms with E-state index in [4.69, 9.17) is 14.6 Å². The first-order valence-corrected chi connectivity index (χ1v) is 8.03. The highest BCUT2D eigenvalue weighted by molar-refractivity contribution is 5.23. The Morgan fingerprint density at radius 2 is 2.09 bits per heavy atom. The Morgan fingerprint density at radius 1 is 1.23 bits per heavy atom. The zero-order chi connectivity index (χ0) is 14.8. The minimum atomic E-state index is -0.0128. The molecule has 22 heavy (non-hydrogen) atoms. The lowest BCUT2D eigenvalue weighted by Gasteiger charge is -2.21. The van der Waals surface area contributed by atoms with Crippen LogP contribution in [0.25, 0.3) is 0 Å². The molecule has 0 spiro atoms. The molecule has 5 nitrogen and oxygen atoms in total. The lowest BCUT2D eigenvalue weighted by Crippen LogP contribution is -2.20. The Kier molecular flexibility index (Phi) is 3.91. The molecule has 5 heteroatoms. The fourth-order valence-corrected chi connectivity index (χ4v) is 2.84. The minimum Gasteiger partial charge on any atom is -0.378 e. The molecule has 1 saturated carbocycles. The smallest absolute Gasteiger partial charge is 0.125 e. The van der Waals surface area contributed by atoms with Crippen molar-refractivity contribution >= 4 is 0 Å². The molecule has 3 heterocycles. The summed E-state index contributed by atoms with van der Waals surface area (Å²) >= 11 is 0. The first kappa shape index (κ1) is 13.9. The van der Waals surface area contributed by atoms with E-state index in [-0.39, 0.29) is 6.10 Å². The topological polar surface area (TPSA) is 49.2 Å². The van der Waals surface area contributed by atoms with Gasteiger partial charge in [-0.3, -0.25) is 9.67 Å². The highest BCUT2D eigenvalue weighted by atomic mass is 16.5. The van der Waals surface area contributed by atoms with Gasteiger partial charge in [0.1, 0.15) is 6.10 Å². The summed E-state index contributed by atoms with van der Waals surface area (Å²) in [4.78, 5) is 4.05. The van der Waals surface area contributed by atoms with Crippen molar-refractivity contribution in [2.45, 2.75) is 31.9 Å². The molecule has 0 bridgehead atoms. The van der Waals surface area contributed by atoms with Crippen molar-refractivity contribution in [1.29, 1.82) is 0 Å². The van der Waals surface area contributed by atoms with Crippen molar-refractivity contribution in [2.75, 3.05) is 19.8 Å². The largest absolute Gasteiger partial charge is 0.378 e. The van der Waals surface area contributed by atoms with Gasteiger partial charge < -0.3 is 9.47 Å². The second kappa shape index (κ2) is 6.18. The summed E-state index contributed by atoms with van der Waals surface area (Å²) in [5.41, 5.74) is 3.55. The number of aromatic nitrogens is 3. The summed E-state index contributed by atoms with van der Waals surface area (Å²) in [7, 11) is 0. The van der Waals surface area contributed by atoms with E-state index in [1.807, 2.05) is 29.2 Å². The highest BCUT2D eigenvalue weighted by Gasteiger charge is 2.27. The second-order valence-electron chi connectivity index (χ2n) is 6.18. The van der Waals surface area contributed by atoms with Crippen LogP contribution >= 0.6 is 0 Å². The Balaban J connectivity index is 1.44. The van der Waals surface area contributed by atoms with E-state index in [2.05, 4.69) is 11.2 Å². The van der Waals surface area contributed by atoms with Gasteiger partial charge in [0.15, 0.2) is 0 Å². The molecule has 1 aliphatic carbocycles. The molecule has 2 aromatic rings. The maximum absolute atomic E-state index is 5.86. The lowest BCUT2D eigenvalue weighted by molar-refractivity contribution is -0.0295. The van der Waals surface area contributed by atoms with E-state index >= 15 is 0 Å². The number of ether oxygens (including phenoxy) is 2. The number of hydrogen-bond donors (Lipinski definition) is 0. The van der Waals surface area contributed by atoms with Gasteiger partial charge in [-0.25, -0.2) is 0 Å². The Hall–Kier alpha value is -1.72. The van der Waals surface area contributed by atoms with Crippen LogP contribution in [0, 0.1) is 5.92 Å². The van der Waals surface area contributed by atoms with Gasteiger partial charge in [-0.15, -0.1) is 0 Å². The van der Waals surface area contributed by atoms with Crippen molar-refractivity contribution < 1.29 is 9.47 Å². The Morgan fingerprint density at radius 3 is 2.91 bits per heavy atom. The van der Waals surface area contributed by atoms with Crippen LogP contribution in [-0.4, -0.2) is 34.6 Å². The van der Waals surface area contributed by atoms with Gasteiger partial charge >= 0.3 is 0 Å². The zero-order valence-corrected chi connectivity index (χ0v) is 12.6. The summed E-state index contributed by atoms with van der Waals surface area (Å²) in [6, 6.07) is 4.04. The molecule has 116 valence electrons.